The van der Waals surface area contributed by atoms with Crippen molar-refractivity contribution in [3.8, 4) is 0 Å². The summed E-state index contributed by atoms with van der Waals surface area (Å²) in [5.41, 5.74) is 0.931. The van der Waals surface area contributed by atoms with Crippen LogP contribution in [-0.4, -0.2) is 50.5 Å². The average Bonchev–Trinajstić information content (AvgIpc) is 3.30. The zero-order valence-corrected chi connectivity index (χ0v) is 16.0. The van der Waals surface area contributed by atoms with Crippen molar-refractivity contribution in [2.24, 2.45) is 0 Å². The van der Waals surface area contributed by atoms with Crippen LogP contribution in [0.4, 0.5) is 4.79 Å². The first-order chi connectivity index (χ1) is 12.7. The highest BCUT2D eigenvalue weighted by atomic mass is 32.2. The first-order valence-electron chi connectivity index (χ1n) is 8.76. The van der Waals surface area contributed by atoms with Crippen LogP contribution >= 0.6 is 23.9 Å². The van der Waals surface area contributed by atoms with E-state index in [4.69, 9.17) is 4.74 Å². The third-order valence-electron chi connectivity index (χ3n) is 4.48. The highest BCUT2D eigenvalue weighted by Crippen LogP contribution is 2.33. The van der Waals surface area contributed by atoms with E-state index in [0.29, 0.717) is 6.54 Å². The summed E-state index contributed by atoms with van der Waals surface area (Å²) >= 11 is 2.11. The summed E-state index contributed by atoms with van der Waals surface area (Å²) in [7, 11) is 0. The maximum atomic E-state index is 12.6. The molecule has 1 aromatic rings. The van der Waals surface area contributed by atoms with Gasteiger partial charge in [0, 0.05) is 25.0 Å². The topological polar surface area (TPSA) is 66.9 Å². The number of nitrogens with zero attached hydrogens (tertiary/aromatic N) is 2. The fourth-order valence-electron chi connectivity index (χ4n) is 3.12. The third-order valence-corrected chi connectivity index (χ3v) is 6.56. The maximum Gasteiger partial charge on any atom is 0.383 e. The van der Waals surface area contributed by atoms with Gasteiger partial charge in [0.1, 0.15) is 12.9 Å². The van der Waals surface area contributed by atoms with E-state index in [-0.39, 0.29) is 23.8 Å². The second-order valence-corrected chi connectivity index (χ2v) is 8.35. The quantitative estimate of drug-likeness (QED) is 0.414. The van der Waals surface area contributed by atoms with Crippen molar-refractivity contribution in [2.75, 3.05) is 13.1 Å². The number of ether oxygens (including phenoxy) is 1. The van der Waals surface area contributed by atoms with Gasteiger partial charge in [0.05, 0.1) is 12.1 Å². The first kappa shape index (κ1) is 19.4. The van der Waals surface area contributed by atoms with Crippen LogP contribution in [0.5, 0.6) is 0 Å². The molecule has 0 aliphatic carbocycles. The fourth-order valence-corrected chi connectivity index (χ4v) is 5.14. The molecule has 0 N–H and O–H groups in total. The van der Waals surface area contributed by atoms with E-state index in [9.17, 15) is 14.4 Å². The molecule has 2 fully saturated rings. The zero-order chi connectivity index (χ0) is 18.4. The van der Waals surface area contributed by atoms with E-state index < -0.39 is 5.30 Å². The number of hydrogen-bond acceptors (Lipinski definition) is 8. The van der Waals surface area contributed by atoms with Crippen LogP contribution in [0.3, 0.4) is 0 Å². The van der Waals surface area contributed by atoms with Gasteiger partial charge in [-0.2, -0.15) is 0 Å². The molecule has 26 heavy (non-hydrogen) atoms. The zero-order valence-electron chi connectivity index (χ0n) is 14.4. The predicted molar refractivity (Wildman–Crippen MR) is 102 cm³/mol. The SMILES string of the molecule is O=CC1CCCN1SC(=O)C1CCCN1SC(=O)OCc1ccccc1. The Morgan fingerprint density at radius 1 is 1.08 bits per heavy atom. The van der Waals surface area contributed by atoms with Crippen LogP contribution in [0.2, 0.25) is 0 Å². The Kier molecular flexibility index (Phi) is 7.13. The average molecular weight is 395 g/mol. The standard InChI is InChI=1S/C18H22N2O4S2/c21-12-15-8-4-10-19(15)25-17(22)16-9-5-11-20(16)26-18(23)24-13-14-6-2-1-3-7-14/h1-3,6-7,12,15-16H,4-5,8-11,13H2. The van der Waals surface area contributed by atoms with Crippen molar-refractivity contribution in [1.29, 1.82) is 0 Å². The summed E-state index contributed by atoms with van der Waals surface area (Å²) < 4.78 is 8.97. The number of benzene rings is 1. The lowest BCUT2D eigenvalue weighted by Crippen LogP contribution is -2.34. The minimum absolute atomic E-state index is 0.000362. The molecule has 0 bridgehead atoms. The van der Waals surface area contributed by atoms with E-state index in [1.807, 2.05) is 38.9 Å². The molecule has 2 unspecified atom stereocenters. The Hall–Kier alpha value is -1.35. The lowest BCUT2D eigenvalue weighted by atomic mass is 10.2. The molecule has 0 amide bonds. The monoisotopic (exact) mass is 394 g/mol. The highest BCUT2D eigenvalue weighted by Gasteiger charge is 2.36. The number of carbonyl (C=O) groups excluding carboxylic acids is 3. The minimum Gasteiger partial charge on any atom is -0.452 e. The Balaban J connectivity index is 1.48. The van der Waals surface area contributed by atoms with Crippen molar-refractivity contribution in [3.05, 3.63) is 35.9 Å². The second kappa shape index (κ2) is 9.55. The molecule has 2 heterocycles. The molecule has 2 saturated heterocycles. The largest absolute Gasteiger partial charge is 0.452 e. The first-order valence-corrected chi connectivity index (χ1v) is 10.3. The van der Waals surface area contributed by atoms with Gasteiger partial charge >= 0.3 is 5.30 Å². The van der Waals surface area contributed by atoms with Gasteiger partial charge in [0.15, 0.2) is 0 Å². The lowest BCUT2D eigenvalue weighted by molar-refractivity contribution is -0.113. The third kappa shape index (κ3) is 5.09. The molecule has 0 radical (unpaired) electrons. The molecule has 0 aromatic heterocycles. The van der Waals surface area contributed by atoms with Crippen LogP contribution in [0, 0.1) is 0 Å². The van der Waals surface area contributed by atoms with Crippen molar-refractivity contribution < 1.29 is 19.1 Å². The normalized spacial score (nSPS) is 23.8. The summed E-state index contributed by atoms with van der Waals surface area (Å²) in [5.74, 6) is 0. The molecule has 0 spiro atoms. The molecule has 1 aromatic carbocycles. The van der Waals surface area contributed by atoms with E-state index in [1.165, 1.54) is 0 Å². The van der Waals surface area contributed by atoms with Crippen LogP contribution in [0.25, 0.3) is 0 Å². The smallest absolute Gasteiger partial charge is 0.383 e. The molecule has 140 valence electrons. The number of aldehydes is 1. The Bertz CT molecular complexity index is 643. The second-order valence-electron chi connectivity index (χ2n) is 6.31. The van der Waals surface area contributed by atoms with Crippen LogP contribution in [0.1, 0.15) is 31.2 Å². The molecule has 3 rings (SSSR count). The van der Waals surface area contributed by atoms with E-state index in [1.54, 1.807) is 0 Å². The summed E-state index contributed by atoms with van der Waals surface area (Å²) in [5, 5.41) is -0.398. The highest BCUT2D eigenvalue weighted by molar-refractivity contribution is 8.12. The van der Waals surface area contributed by atoms with Crippen molar-refractivity contribution >= 4 is 40.6 Å². The van der Waals surface area contributed by atoms with E-state index in [2.05, 4.69) is 0 Å². The molecular formula is C18H22N2O4S2. The molecule has 2 atom stereocenters. The van der Waals surface area contributed by atoms with Crippen LogP contribution < -0.4 is 0 Å². The van der Waals surface area contributed by atoms with Gasteiger partial charge in [0.2, 0.25) is 5.12 Å². The van der Waals surface area contributed by atoms with Gasteiger partial charge in [-0.1, -0.05) is 30.3 Å². The van der Waals surface area contributed by atoms with E-state index in [0.717, 1.165) is 68.0 Å². The summed E-state index contributed by atoms with van der Waals surface area (Å²) in [4.78, 5) is 35.8. The Morgan fingerprint density at radius 3 is 2.58 bits per heavy atom. The van der Waals surface area contributed by atoms with Gasteiger partial charge in [-0.05, 0) is 43.2 Å². The minimum atomic E-state index is -0.398. The van der Waals surface area contributed by atoms with Gasteiger partial charge in [-0.25, -0.2) is 13.4 Å². The molecule has 0 saturated carbocycles. The van der Waals surface area contributed by atoms with E-state index >= 15 is 0 Å². The van der Waals surface area contributed by atoms with Crippen molar-refractivity contribution in [3.63, 3.8) is 0 Å². The van der Waals surface area contributed by atoms with Gasteiger partial charge in [-0.15, -0.1) is 0 Å². The predicted octanol–water partition coefficient (Wildman–Crippen LogP) is 3.27. The number of rotatable bonds is 6. The summed E-state index contributed by atoms with van der Waals surface area (Å²) in [6.07, 6.45) is 4.24. The van der Waals surface area contributed by atoms with Crippen LogP contribution in [-0.2, 0) is 20.9 Å². The van der Waals surface area contributed by atoms with Gasteiger partial charge < -0.3 is 9.53 Å². The molecule has 8 heteroatoms. The molecule has 6 nitrogen and oxygen atoms in total. The summed E-state index contributed by atoms with van der Waals surface area (Å²) in [6, 6.07) is 9.01. The molecule has 2 aliphatic rings. The molecular weight excluding hydrogens is 372 g/mol. The van der Waals surface area contributed by atoms with Crippen molar-refractivity contribution in [2.45, 2.75) is 44.4 Å². The maximum absolute atomic E-state index is 12.6. The van der Waals surface area contributed by atoms with Crippen molar-refractivity contribution in [1.82, 2.24) is 8.61 Å². The number of carbonyl (C=O) groups is 3. The summed E-state index contributed by atoms with van der Waals surface area (Å²) in [6.45, 7) is 1.65. The number of hydrogen-bond donors (Lipinski definition) is 0. The molecule has 2 aliphatic heterocycles. The Morgan fingerprint density at radius 2 is 1.81 bits per heavy atom. The lowest BCUT2D eigenvalue weighted by Gasteiger charge is -2.24. The van der Waals surface area contributed by atoms with Gasteiger partial charge in [0.25, 0.3) is 0 Å². The Labute approximate surface area is 161 Å². The fraction of sp³-hybridized carbons (Fsp3) is 0.500. The van der Waals surface area contributed by atoms with Gasteiger partial charge in [-0.3, -0.25) is 4.79 Å². The van der Waals surface area contributed by atoms with Crippen LogP contribution in [0.15, 0.2) is 30.3 Å².